The van der Waals surface area contributed by atoms with Gasteiger partial charge in [-0.3, -0.25) is 4.79 Å². The molecule has 0 saturated heterocycles. The molecule has 0 saturated carbocycles. The Hall–Kier alpha value is -3.04. The number of amidine groups is 1. The summed E-state index contributed by atoms with van der Waals surface area (Å²) < 4.78 is 28.1. The number of nitrogens with zero attached hydrogens (tertiary/aromatic N) is 2. The van der Waals surface area contributed by atoms with Crippen molar-refractivity contribution in [1.29, 1.82) is 0 Å². The maximum Gasteiger partial charge on any atom is 0.285 e. The van der Waals surface area contributed by atoms with E-state index in [1.54, 1.807) is 53.8 Å². The largest absolute Gasteiger partial charge is 0.352 e. The summed E-state index contributed by atoms with van der Waals surface area (Å²) in [6, 6.07) is 13.5. The Morgan fingerprint density at radius 1 is 1.06 bits per heavy atom. The molecule has 0 radical (unpaired) electrons. The van der Waals surface area contributed by atoms with Gasteiger partial charge in [0.1, 0.15) is 4.90 Å². The van der Waals surface area contributed by atoms with Crippen LogP contribution < -0.4 is 10.6 Å². The molecule has 1 aliphatic heterocycles. The lowest BCUT2D eigenvalue weighted by Crippen LogP contribution is -2.24. The fourth-order valence-corrected chi connectivity index (χ4v) is 5.25. The summed E-state index contributed by atoms with van der Waals surface area (Å²) in [5.41, 5.74) is 2.79. The van der Waals surface area contributed by atoms with Crippen LogP contribution in [0.1, 0.15) is 39.5 Å². The zero-order valence-corrected chi connectivity index (χ0v) is 18.6. The van der Waals surface area contributed by atoms with E-state index in [1.165, 1.54) is 6.07 Å². The van der Waals surface area contributed by atoms with E-state index >= 15 is 0 Å². The third kappa shape index (κ3) is 5.00. The van der Waals surface area contributed by atoms with Gasteiger partial charge in [0.2, 0.25) is 0 Å². The number of hydrogen-bond donors (Lipinski definition) is 2. The molecule has 0 aliphatic carbocycles. The van der Waals surface area contributed by atoms with Gasteiger partial charge >= 0.3 is 0 Å². The number of amides is 1. The molecule has 2 N–H and O–H groups in total. The monoisotopic (exact) mass is 454 g/mol. The Morgan fingerprint density at radius 3 is 2.58 bits per heavy atom. The second-order valence-electron chi connectivity index (χ2n) is 7.21. The summed E-state index contributed by atoms with van der Waals surface area (Å²) in [5, 5.41) is 9.14. The van der Waals surface area contributed by atoms with Crippen LogP contribution in [-0.2, 0) is 16.4 Å². The Kier molecular flexibility index (Phi) is 6.15. The molecule has 0 unspecified atom stereocenters. The molecule has 1 aromatic heterocycles. The normalized spacial score (nSPS) is 14.0. The molecule has 0 spiro atoms. The highest BCUT2D eigenvalue weighted by atomic mass is 32.2. The Labute approximate surface area is 185 Å². The summed E-state index contributed by atoms with van der Waals surface area (Å²) in [5.74, 6) is 0.144. The fourth-order valence-electron chi connectivity index (χ4n) is 3.26. The van der Waals surface area contributed by atoms with Gasteiger partial charge in [0, 0.05) is 34.4 Å². The minimum absolute atomic E-state index is 0.136. The van der Waals surface area contributed by atoms with E-state index in [0.29, 0.717) is 23.4 Å². The minimum atomic E-state index is -3.67. The highest BCUT2D eigenvalue weighted by Gasteiger charge is 2.28. The number of anilines is 1. The molecule has 160 valence electrons. The van der Waals surface area contributed by atoms with Gasteiger partial charge in [0.15, 0.2) is 5.84 Å². The zero-order valence-electron chi connectivity index (χ0n) is 17.0. The third-order valence-electron chi connectivity index (χ3n) is 4.81. The van der Waals surface area contributed by atoms with Crippen molar-refractivity contribution in [3.63, 3.8) is 0 Å². The highest BCUT2D eigenvalue weighted by molar-refractivity contribution is 7.90. The second kappa shape index (κ2) is 8.99. The lowest BCUT2D eigenvalue weighted by molar-refractivity contribution is 0.0953. The predicted molar refractivity (Wildman–Crippen MR) is 122 cm³/mol. The smallest absolute Gasteiger partial charge is 0.285 e. The number of aryl methyl sites for hydroxylation is 2. The van der Waals surface area contributed by atoms with Gasteiger partial charge in [0.05, 0.1) is 5.01 Å². The van der Waals surface area contributed by atoms with Gasteiger partial charge in [-0.05, 0) is 62.6 Å². The summed E-state index contributed by atoms with van der Waals surface area (Å²) in [4.78, 5) is 17.0. The van der Waals surface area contributed by atoms with Crippen molar-refractivity contribution >= 4 is 38.8 Å². The third-order valence-corrected chi connectivity index (χ3v) is 7.17. The average Bonchev–Trinajstić information content (AvgIpc) is 3.28. The summed E-state index contributed by atoms with van der Waals surface area (Å²) in [6.07, 6.45) is 2.79. The van der Waals surface area contributed by atoms with Gasteiger partial charge < -0.3 is 10.6 Å². The number of benzene rings is 2. The molecule has 1 amide bonds. The van der Waals surface area contributed by atoms with E-state index in [-0.39, 0.29) is 16.6 Å². The number of thiazole rings is 1. The lowest BCUT2D eigenvalue weighted by atomic mass is 10.1. The van der Waals surface area contributed by atoms with E-state index in [1.807, 2.05) is 12.3 Å². The van der Waals surface area contributed by atoms with Gasteiger partial charge in [-0.2, -0.15) is 8.42 Å². The molecule has 9 heteroatoms. The number of nitrogens with one attached hydrogen (secondary N) is 2. The van der Waals surface area contributed by atoms with Crippen LogP contribution in [0.4, 0.5) is 5.69 Å². The summed E-state index contributed by atoms with van der Waals surface area (Å²) in [6.45, 7) is 2.59. The first-order chi connectivity index (χ1) is 14.9. The Morgan fingerprint density at radius 2 is 1.84 bits per heavy atom. The molecule has 7 nitrogen and oxygen atoms in total. The number of carbonyl (C=O) groups excluding carboxylic acids is 1. The maximum absolute atomic E-state index is 12.3. The van der Waals surface area contributed by atoms with E-state index in [9.17, 15) is 13.2 Å². The van der Waals surface area contributed by atoms with Crippen LogP contribution in [0.2, 0.25) is 0 Å². The van der Waals surface area contributed by atoms with Crippen molar-refractivity contribution in [3.8, 4) is 0 Å². The Balaban J connectivity index is 1.29. The highest BCUT2D eigenvalue weighted by Crippen LogP contribution is 2.26. The van der Waals surface area contributed by atoms with Crippen LogP contribution in [0.3, 0.4) is 0 Å². The van der Waals surface area contributed by atoms with Gasteiger partial charge in [-0.15, -0.1) is 15.7 Å². The van der Waals surface area contributed by atoms with Gasteiger partial charge in [-0.1, -0.05) is 12.1 Å². The molecule has 2 heterocycles. The topological polar surface area (TPSA) is 101 Å². The van der Waals surface area contributed by atoms with Crippen LogP contribution in [0.25, 0.3) is 0 Å². The van der Waals surface area contributed by atoms with Crippen molar-refractivity contribution in [2.45, 2.75) is 31.1 Å². The average molecular weight is 455 g/mol. The van der Waals surface area contributed by atoms with E-state index in [2.05, 4.69) is 20.0 Å². The molecular formula is C22H22N4O3S2. The number of carbonyl (C=O) groups is 1. The minimum Gasteiger partial charge on any atom is -0.352 e. The van der Waals surface area contributed by atoms with Crippen LogP contribution in [-0.4, -0.2) is 31.7 Å². The number of rotatable bonds is 7. The van der Waals surface area contributed by atoms with Crippen molar-refractivity contribution in [2.75, 3.05) is 11.9 Å². The van der Waals surface area contributed by atoms with E-state index in [4.69, 9.17) is 0 Å². The van der Waals surface area contributed by atoms with E-state index < -0.39 is 10.0 Å². The SMILES string of the molecule is Cc1csc(CCCCNC(=O)c2ccc(NC3=NS(=O)(=O)c4ccccc43)cc2)n1. The Bertz CT molecular complexity index is 1230. The molecule has 4 rings (SSSR count). The predicted octanol–water partition coefficient (Wildman–Crippen LogP) is 3.77. The molecular weight excluding hydrogens is 432 g/mol. The quantitative estimate of drug-likeness (QED) is 0.530. The van der Waals surface area contributed by atoms with E-state index in [0.717, 1.165) is 30.0 Å². The van der Waals surface area contributed by atoms with Crippen LogP contribution >= 0.6 is 11.3 Å². The van der Waals surface area contributed by atoms with Crippen molar-refractivity contribution in [1.82, 2.24) is 10.3 Å². The first kappa shape index (κ1) is 21.2. The molecule has 0 atom stereocenters. The van der Waals surface area contributed by atoms with Crippen LogP contribution in [0.15, 0.2) is 63.2 Å². The molecule has 2 aromatic carbocycles. The van der Waals surface area contributed by atoms with Crippen molar-refractivity contribution in [3.05, 3.63) is 75.7 Å². The molecule has 3 aromatic rings. The number of fused-ring (bicyclic) bond motifs is 1. The van der Waals surface area contributed by atoms with Crippen LogP contribution in [0, 0.1) is 6.92 Å². The number of hydrogen-bond acceptors (Lipinski definition) is 6. The van der Waals surface area contributed by atoms with Gasteiger partial charge in [0.25, 0.3) is 15.9 Å². The number of unbranched alkanes of at least 4 members (excludes halogenated alkanes) is 1. The maximum atomic E-state index is 12.3. The summed E-state index contributed by atoms with van der Waals surface area (Å²) in [7, 11) is -3.67. The molecule has 0 fully saturated rings. The molecule has 31 heavy (non-hydrogen) atoms. The first-order valence-corrected chi connectivity index (χ1v) is 12.2. The van der Waals surface area contributed by atoms with Gasteiger partial charge in [-0.25, -0.2) is 4.98 Å². The standard InChI is InChI=1S/C22H22N4O3S2/c1-15-14-30-20(24-15)8-4-5-13-23-22(27)16-9-11-17(12-10-16)25-21-18-6-2-3-7-19(18)31(28,29)26-21/h2-3,6-7,9-12,14H,4-5,8,13H2,1H3,(H,23,27)(H,25,26). The van der Waals surface area contributed by atoms with Crippen LogP contribution in [0.5, 0.6) is 0 Å². The number of sulfonamides is 1. The zero-order chi connectivity index (χ0) is 21.8. The van der Waals surface area contributed by atoms with Crippen molar-refractivity contribution < 1.29 is 13.2 Å². The van der Waals surface area contributed by atoms with Crippen molar-refractivity contribution in [2.24, 2.45) is 4.40 Å². The lowest BCUT2D eigenvalue weighted by Gasteiger charge is -2.08. The summed E-state index contributed by atoms with van der Waals surface area (Å²) >= 11 is 1.67. The number of aromatic nitrogens is 1. The molecule has 1 aliphatic rings. The molecule has 0 bridgehead atoms. The second-order valence-corrected chi connectivity index (χ2v) is 9.72. The fraction of sp³-hybridized carbons (Fsp3) is 0.227. The first-order valence-electron chi connectivity index (χ1n) is 9.93.